The van der Waals surface area contributed by atoms with E-state index in [0.717, 1.165) is 48.2 Å². The Kier molecular flexibility index (Phi) is 15.4. The van der Waals surface area contributed by atoms with Gasteiger partial charge in [-0.05, 0) is 103 Å². The van der Waals surface area contributed by atoms with Crippen LogP contribution in [0.3, 0.4) is 0 Å². The number of allylic oxidation sites excluding steroid dienone is 1. The first-order chi connectivity index (χ1) is 29.8. The molecule has 0 radical (unpaired) electrons. The molecule has 2 heterocycles. The quantitative estimate of drug-likeness (QED) is 0.0481. The summed E-state index contributed by atoms with van der Waals surface area (Å²) in [6.07, 6.45) is 8.02. The van der Waals surface area contributed by atoms with Gasteiger partial charge < -0.3 is 38.9 Å². The van der Waals surface area contributed by atoms with Crippen molar-refractivity contribution in [3.05, 3.63) is 118 Å². The van der Waals surface area contributed by atoms with E-state index in [2.05, 4.69) is 17.6 Å². The molecular weight excluding hydrogens is 793 g/mol. The lowest BCUT2D eigenvalue weighted by atomic mass is 9.55. The number of rotatable bonds is 20. The van der Waals surface area contributed by atoms with Crippen LogP contribution >= 0.6 is 0 Å². The number of carbonyl (C=O) groups excluding carboxylic acids is 1. The van der Waals surface area contributed by atoms with Crippen LogP contribution in [0, 0.1) is 40.2 Å². The molecule has 2 N–H and O–H groups in total. The van der Waals surface area contributed by atoms with Gasteiger partial charge in [-0.1, -0.05) is 57.0 Å². The molecule has 1 aliphatic heterocycles. The number of fused-ring (bicyclic) bond motifs is 2. The van der Waals surface area contributed by atoms with Crippen molar-refractivity contribution in [2.45, 2.75) is 104 Å². The molecule has 6 rings (SSSR count). The average Bonchev–Trinajstić information content (AvgIpc) is 3.25. The number of amides is 1. The monoisotopic (exact) mass is 854 g/mol. The van der Waals surface area contributed by atoms with Crippen molar-refractivity contribution < 1.29 is 43.7 Å². The summed E-state index contributed by atoms with van der Waals surface area (Å²) in [5.74, 6) is -0.895. The second-order valence-corrected chi connectivity index (χ2v) is 17.8. The number of nitro benzene ring substituents is 1. The largest absolute Gasteiger partial charge is 0.487 e. The average molecular weight is 855 g/mol. The maximum atomic E-state index is 14.1. The predicted octanol–water partition coefficient (Wildman–Crippen LogP) is 8.83. The number of ether oxygens (including phenoxy) is 4. The number of unbranched alkanes of at least 4 members (excludes halogenated alkanes) is 2. The van der Waals surface area contributed by atoms with E-state index in [-0.39, 0.29) is 74.9 Å². The third-order valence-electron chi connectivity index (χ3n) is 11.9. The Bertz CT molecular complexity index is 2080. The number of carbonyl (C=O) groups is 1. The number of benzene rings is 2. The summed E-state index contributed by atoms with van der Waals surface area (Å²) >= 11 is 0. The molecule has 62 heavy (non-hydrogen) atoms. The van der Waals surface area contributed by atoms with E-state index in [9.17, 15) is 25.1 Å². The molecule has 0 bridgehead atoms. The molecule has 14 heteroatoms. The van der Waals surface area contributed by atoms with Crippen molar-refractivity contribution in [2.24, 2.45) is 28.3 Å². The number of hydrogen-bond acceptors (Lipinski definition) is 12. The van der Waals surface area contributed by atoms with Gasteiger partial charge in [-0.15, -0.1) is 6.58 Å². The first-order valence-corrected chi connectivity index (χ1v) is 21.7. The van der Waals surface area contributed by atoms with E-state index >= 15 is 0 Å². The fourth-order valence-corrected chi connectivity index (χ4v) is 9.06. The number of aryl methyl sites for hydroxylation is 1. The summed E-state index contributed by atoms with van der Waals surface area (Å²) in [7, 11) is 1.70. The standard InChI is InChI=1S/C48H62N4O10/c1-7-25-60-48-43(51(6)46(55)59-31-47(3,4)5)28-41(50-61-29-33-17-19-36(20-18-33)52(56)57)39-26-34(14-8-10-23-53)38(16-9-11-24-54)44(45(39)48)40-27-37(21-22-42(40)62-48)58-30-35-15-12-13-32(2)49-35/h7,12-13,15,17-22,26-27,34,38,43-45,53-54H,1,8-11,14,16,23-25,28-31H2,2-6H3. The van der Waals surface area contributed by atoms with Gasteiger partial charge in [0.25, 0.3) is 5.69 Å². The summed E-state index contributed by atoms with van der Waals surface area (Å²) in [5.41, 5.74) is 4.51. The third kappa shape index (κ3) is 10.8. The van der Waals surface area contributed by atoms with Crippen molar-refractivity contribution in [1.82, 2.24) is 9.88 Å². The van der Waals surface area contributed by atoms with Crippen LogP contribution in [0.5, 0.6) is 11.5 Å². The van der Waals surface area contributed by atoms with Gasteiger partial charge in [0, 0.05) is 56.0 Å². The van der Waals surface area contributed by atoms with Crippen molar-refractivity contribution in [3.63, 3.8) is 0 Å². The molecule has 2 aliphatic carbocycles. The molecule has 6 atom stereocenters. The normalized spacial score (nSPS) is 23.3. The zero-order valence-corrected chi connectivity index (χ0v) is 36.7. The Morgan fingerprint density at radius 2 is 1.81 bits per heavy atom. The van der Waals surface area contributed by atoms with Crippen LogP contribution in [0.25, 0.3) is 0 Å². The second kappa shape index (κ2) is 20.7. The van der Waals surface area contributed by atoms with Crippen LogP contribution in [0.1, 0.15) is 94.1 Å². The molecule has 0 saturated heterocycles. The molecular formula is C48H62N4O10. The zero-order valence-electron chi connectivity index (χ0n) is 36.7. The maximum Gasteiger partial charge on any atom is 0.410 e. The van der Waals surface area contributed by atoms with Gasteiger partial charge in [0.2, 0.25) is 5.79 Å². The summed E-state index contributed by atoms with van der Waals surface area (Å²) < 4.78 is 26.5. The fraction of sp³-hybridized carbons (Fsp3) is 0.521. The minimum atomic E-state index is -1.44. The van der Waals surface area contributed by atoms with E-state index in [1.54, 1.807) is 30.2 Å². The van der Waals surface area contributed by atoms with Crippen LogP contribution in [-0.4, -0.2) is 82.1 Å². The van der Waals surface area contributed by atoms with Gasteiger partial charge in [0.05, 0.1) is 35.5 Å². The minimum Gasteiger partial charge on any atom is -0.487 e. The lowest BCUT2D eigenvalue weighted by Gasteiger charge is -2.59. The van der Waals surface area contributed by atoms with Crippen LogP contribution in [0.4, 0.5) is 10.5 Å². The highest BCUT2D eigenvalue weighted by Crippen LogP contribution is 2.62. The molecule has 1 saturated carbocycles. The number of hydrogen-bond donors (Lipinski definition) is 2. The number of aliphatic hydroxyl groups excluding tert-OH is 2. The molecule has 1 fully saturated rings. The fourth-order valence-electron chi connectivity index (χ4n) is 9.06. The highest BCUT2D eigenvalue weighted by molar-refractivity contribution is 6.02. The van der Waals surface area contributed by atoms with E-state index in [1.165, 1.54) is 12.1 Å². The second-order valence-electron chi connectivity index (χ2n) is 17.8. The number of non-ortho nitro benzene ring substituents is 1. The molecule has 3 aliphatic rings. The van der Waals surface area contributed by atoms with Gasteiger partial charge in [-0.25, -0.2) is 4.79 Å². The summed E-state index contributed by atoms with van der Waals surface area (Å²) in [4.78, 5) is 37.3. The Labute approximate surface area is 364 Å². The Morgan fingerprint density at radius 1 is 1.06 bits per heavy atom. The van der Waals surface area contributed by atoms with E-state index in [4.69, 9.17) is 28.9 Å². The smallest absolute Gasteiger partial charge is 0.410 e. The first kappa shape index (κ1) is 46.2. The van der Waals surface area contributed by atoms with Gasteiger partial charge in [-0.3, -0.25) is 15.1 Å². The highest BCUT2D eigenvalue weighted by atomic mass is 16.7. The summed E-state index contributed by atoms with van der Waals surface area (Å²) in [5, 5.41) is 36.0. The van der Waals surface area contributed by atoms with Crippen LogP contribution in [0.2, 0.25) is 0 Å². The van der Waals surface area contributed by atoms with Crippen LogP contribution in [0.15, 0.2) is 90.1 Å². The SMILES string of the molecule is C=CCOC12Oc3ccc(OCc4cccc(C)n4)cc3C3C(CCCCO)C(CCCCO)C=C(C(=NOCc4ccc([N+](=O)[O-])cc4)CC1N(C)C(=O)OCC(C)(C)C)C32. The lowest BCUT2D eigenvalue weighted by Crippen LogP contribution is -2.69. The molecule has 0 spiro atoms. The number of nitro groups is 1. The van der Waals surface area contributed by atoms with E-state index in [0.29, 0.717) is 35.6 Å². The van der Waals surface area contributed by atoms with E-state index < -0.39 is 28.8 Å². The van der Waals surface area contributed by atoms with Crippen molar-refractivity contribution >= 4 is 17.5 Å². The Balaban J connectivity index is 1.51. The Hall–Kier alpha value is -5.31. The minimum absolute atomic E-state index is 0.0235. The number of nitrogens with zero attached hydrogens (tertiary/aromatic N) is 4. The van der Waals surface area contributed by atoms with Crippen LogP contribution in [-0.2, 0) is 27.5 Å². The maximum absolute atomic E-state index is 14.1. The topological polar surface area (TPSA) is 175 Å². The summed E-state index contributed by atoms with van der Waals surface area (Å²) in [6, 6.07) is 17.1. The summed E-state index contributed by atoms with van der Waals surface area (Å²) in [6.45, 7) is 12.7. The molecule has 334 valence electrons. The van der Waals surface area contributed by atoms with Crippen molar-refractivity contribution in [1.29, 1.82) is 0 Å². The highest BCUT2D eigenvalue weighted by Gasteiger charge is 2.65. The van der Waals surface area contributed by atoms with Gasteiger partial charge in [-0.2, -0.15) is 0 Å². The van der Waals surface area contributed by atoms with Crippen LogP contribution < -0.4 is 9.47 Å². The third-order valence-corrected chi connectivity index (χ3v) is 11.9. The molecule has 3 aromatic rings. The first-order valence-electron chi connectivity index (χ1n) is 21.7. The number of likely N-dealkylation sites (N-methyl/N-ethyl adjacent to an activating group) is 1. The number of oxime groups is 1. The number of aromatic nitrogens is 1. The van der Waals surface area contributed by atoms with Crippen molar-refractivity contribution in [3.8, 4) is 11.5 Å². The van der Waals surface area contributed by atoms with Gasteiger partial charge >= 0.3 is 6.09 Å². The zero-order chi connectivity index (χ0) is 44.4. The number of aliphatic hydroxyl groups is 2. The van der Waals surface area contributed by atoms with E-state index in [1.807, 2.05) is 64.1 Å². The van der Waals surface area contributed by atoms with Crippen molar-refractivity contribution in [2.75, 3.05) is 33.5 Å². The van der Waals surface area contributed by atoms with Gasteiger partial charge in [0.1, 0.15) is 30.8 Å². The molecule has 2 aromatic carbocycles. The molecule has 1 aromatic heterocycles. The molecule has 6 unspecified atom stereocenters. The van der Waals surface area contributed by atoms with Gasteiger partial charge in [0.15, 0.2) is 0 Å². The lowest BCUT2D eigenvalue weighted by molar-refractivity contribution is -0.384. The molecule has 14 nitrogen and oxygen atoms in total. The molecule has 1 amide bonds. The Morgan fingerprint density at radius 3 is 2.48 bits per heavy atom. The number of pyridine rings is 1. The predicted molar refractivity (Wildman–Crippen MR) is 235 cm³/mol.